The van der Waals surface area contributed by atoms with Gasteiger partial charge in [-0.25, -0.2) is 0 Å². The predicted octanol–water partition coefficient (Wildman–Crippen LogP) is 4.58. The fourth-order valence-corrected chi connectivity index (χ4v) is 5.45. The van der Waals surface area contributed by atoms with Crippen LogP contribution < -0.4 is 9.05 Å². The summed E-state index contributed by atoms with van der Waals surface area (Å²) in [5, 5.41) is 0. The number of benzene rings is 2. The van der Waals surface area contributed by atoms with E-state index < -0.39 is 8.38 Å². The zero-order chi connectivity index (χ0) is 14.0. The third-order valence-electron chi connectivity index (χ3n) is 5.28. The molecule has 0 fully saturated rings. The van der Waals surface area contributed by atoms with Crippen LogP contribution in [0.4, 0.5) is 0 Å². The SMILES string of the molecule is CP1Oc2cccc3c2C2(CC3)CCc3cccc(c32)O1. The van der Waals surface area contributed by atoms with Gasteiger partial charge in [0.15, 0.2) is 0 Å². The van der Waals surface area contributed by atoms with Gasteiger partial charge in [0.1, 0.15) is 11.5 Å². The molecule has 1 spiro atoms. The first-order chi connectivity index (χ1) is 10.3. The Morgan fingerprint density at radius 1 is 0.857 bits per heavy atom. The smallest absolute Gasteiger partial charge is 0.286 e. The number of hydrogen-bond donors (Lipinski definition) is 0. The molecule has 3 heteroatoms. The van der Waals surface area contributed by atoms with E-state index in [0.717, 1.165) is 24.3 Å². The Hall–Kier alpha value is -1.53. The van der Waals surface area contributed by atoms with E-state index in [4.69, 9.17) is 9.05 Å². The van der Waals surface area contributed by atoms with Crippen molar-refractivity contribution < 1.29 is 9.05 Å². The summed E-state index contributed by atoms with van der Waals surface area (Å²) in [4.78, 5) is 0. The molecule has 2 aromatic rings. The molecular formula is C18H17O2P. The Kier molecular flexibility index (Phi) is 2.31. The minimum Gasteiger partial charge on any atom is -0.438 e. The highest BCUT2D eigenvalue weighted by atomic mass is 31.2. The molecule has 0 saturated heterocycles. The van der Waals surface area contributed by atoms with E-state index in [1.54, 1.807) is 0 Å². The lowest BCUT2D eigenvalue weighted by Gasteiger charge is -2.33. The van der Waals surface area contributed by atoms with Gasteiger partial charge in [0.2, 0.25) is 0 Å². The average Bonchev–Trinajstić information content (AvgIpc) is 3.03. The van der Waals surface area contributed by atoms with Crippen molar-refractivity contribution in [2.45, 2.75) is 31.1 Å². The first-order valence-corrected chi connectivity index (χ1v) is 9.25. The molecule has 2 nitrogen and oxygen atoms in total. The van der Waals surface area contributed by atoms with Crippen molar-refractivity contribution in [3.8, 4) is 11.5 Å². The molecule has 0 saturated carbocycles. The van der Waals surface area contributed by atoms with Gasteiger partial charge in [-0.3, -0.25) is 0 Å². The molecule has 0 amide bonds. The maximum Gasteiger partial charge on any atom is 0.286 e. The highest BCUT2D eigenvalue weighted by Crippen LogP contribution is 2.60. The molecule has 21 heavy (non-hydrogen) atoms. The Labute approximate surface area is 126 Å². The molecule has 2 aliphatic carbocycles. The van der Waals surface area contributed by atoms with Crippen molar-refractivity contribution >= 4 is 8.38 Å². The highest BCUT2D eigenvalue weighted by molar-refractivity contribution is 7.47. The fourth-order valence-electron chi connectivity index (χ4n) is 4.55. The van der Waals surface area contributed by atoms with Gasteiger partial charge in [-0.15, -0.1) is 0 Å². The quantitative estimate of drug-likeness (QED) is 0.663. The normalized spacial score (nSPS) is 20.8. The minimum absolute atomic E-state index is 0.133. The van der Waals surface area contributed by atoms with Gasteiger partial charge in [0, 0.05) is 23.2 Å². The Morgan fingerprint density at radius 3 is 1.90 bits per heavy atom. The Morgan fingerprint density at radius 2 is 1.38 bits per heavy atom. The molecular weight excluding hydrogens is 279 g/mol. The van der Waals surface area contributed by atoms with Gasteiger partial charge in [0.05, 0.1) is 0 Å². The summed E-state index contributed by atoms with van der Waals surface area (Å²) in [7, 11) is -0.919. The van der Waals surface area contributed by atoms with Crippen LogP contribution in [-0.2, 0) is 18.3 Å². The zero-order valence-corrected chi connectivity index (χ0v) is 13.0. The standard InChI is InChI=1S/C18H17O2P/c1-21-19-14-6-2-4-12-8-10-18(16(12)14)11-9-13-5-3-7-15(20-21)17(13)18/h2-7H,8-11H2,1H3. The van der Waals surface area contributed by atoms with Crippen molar-refractivity contribution in [2.24, 2.45) is 0 Å². The molecule has 1 heterocycles. The van der Waals surface area contributed by atoms with Gasteiger partial charge < -0.3 is 9.05 Å². The van der Waals surface area contributed by atoms with E-state index in [2.05, 4.69) is 36.4 Å². The monoisotopic (exact) mass is 296 g/mol. The molecule has 0 radical (unpaired) electrons. The van der Waals surface area contributed by atoms with Crippen molar-refractivity contribution in [1.29, 1.82) is 0 Å². The van der Waals surface area contributed by atoms with Crippen LogP contribution in [0.1, 0.15) is 35.1 Å². The number of rotatable bonds is 0. The second-order valence-electron chi connectivity index (χ2n) is 6.28. The molecule has 0 atom stereocenters. The van der Waals surface area contributed by atoms with E-state index >= 15 is 0 Å². The van der Waals surface area contributed by atoms with Crippen molar-refractivity contribution in [3.05, 3.63) is 58.7 Å². The molecule has 0 unspecified atom stereocenters. The topological polar surface area (TPSA) is 18.5 Å². The second kappa shape index (κ2) is 4.01. The number of hydrogen-bond acceptors (Lipinski definition) is 2. The molecule has 0 N–H and O–H groups in total. The van der Waals surface area contributed by atoms with Crippen molar-refractivity contribution in [1.82, 2.24) is 0 Å². The largest absolute Gasteiger partial charge is 0.438 e. The second-order valence-corrected chi connectivity index (χ2v) is 7.53. The molecule has 1 aliphatic heterocycles. The Balaban J connectivity index is 1.88. The maximum atomic E-state index is 6.18. The predicted molar refractivity (Wildman–Crippen MR) is 84.4 cm³/mol. The van der Waals surface area contributed by atoms with Crippen molar-refractivity contribution in [2.75, 3.05) is 6.66 Å². The first kappa shape index (κ1) is 12.1. The lowest BCUT2D eigenvalue weighted by molar-refractivity contribution is 0.430. The van der Waals surface area contributed by atoms with Crippen LogP contribution in [0.2, 0.25) is 0 Å². The van der Waals surface area contributed by atoms with E-state index in [0.29, 0.717) is 0 Å². The molecule has 0 bridgehead atoms. The van der Waals surface area contributed by atoms with Crippen LogP contribution in [0.5, 0.6) is 11.5 Å². The maximum absolute atomic E-state index is 6.18. The lowest BCUT2D eigenvalue weighted by atomic mass is 9.76. The minimum atomic E-state index is -0.919. The van der Waals surface area contributed by atoms with E-state index in [-0.39, 0.29) is 5.41 Å². The molecule has 106 valence electrons. The van der Waals surface area contributed by atoms with Gasteiger partial charge in [-0.2, -0.15) is 0 Å². The fraction of sp³-hybridized carbons (Fsp3) is 0.333. The molecule has 0 aromatic heterocycles. The lowest BCUT2D eigenvalue weighted by Crippen LogP contribution is -2.24. The van der Waals surface area contributed by atoms with E-state index in [1.165, 1.54) is 35.1 Å². The third kappa shape index (κ3) is 1.47. The van der Waals surface area contributed by atoms with Crippen LogP contribution >= 0.6 is 8.38 Å². The summed E-state index contributed by atoms with van der Waals surface area (Å²) >= 11 is 0. The van der Waals surface area contributed by atoms with Gasteiger partial charge in [0.25, 0.3) is 8.38 Å². The summed E-state index contributed by atoms with van der Waals surface area (Å²) in [6.07, 6.45) is 4.69. The summed E-state index contributed by atoms with van der Waals surface area (Å²) in [5.41, 5.74) is 5.98. The van der Waals surface area contributed by atoms with Crippen LogP contribution in [0, 0.1) is 0 Å². The van der Waals surface area contributed by atoms with Gasteiger partial charge in [-0.05, 0) is 48.9 Å². The Bertz CT molecular complexity index is 689. The summed E-state index contributed by atoms with van der Waals surface area (Å²) in [6.45, 7) is 2.05. The van der Waals surface area contributed by atoms with E-state index in [1.807, 2.05) is 6.66 Å². The summed E-state index contributed by atoms with van der Waals surface area (Å²) in [6, 6.07) is 13.1. The van der Waals surface area contributed by atoms with Crippen LogP contribution in [0.25, 0.3) is 0 Å². The first-order valence-electron chi connectivity index (χ1n) is 7.62. The third-order valence-corrected chi connectivity index (χ3v) is 6.19. The highest BCUT2D eigenvalue weighted by Gasteiger charge is 2.49. The van der Waals surface area contributed by atoms with E-state index in [9.17, 15) is 0 Å². The molecule has 2 aromatic carbocycles. The number of aryl methyl sites for hydroxylation is 2. The van der Waals surface area contributed by atoms with Crippen LogP contribution in [0.15, 0.2) is 36.4 Å². The van der Waals surface area contributed by atoms with Gasteiger partial charge >= 0.3 is 0 Å². The molecule has 3 aliphatic rings. The van der Waals surface area contributed by atoms with Crippen LogP contribution in [0.3, 0.4) is 0 Å². The van der Waals surface area contributed by atoms with Crippen LogP contribution in [-0.4, -0.2) is 6.66 Å². The van der Waals surface area contributed by atoms with Crippen molar-refractivity contribution in [3.63, 3.8) is 0 Å². The zero-order valence-electron chi connectivity index (χ0n) is 12.1. The summed E-state index contributed by atoms with van der Waals surface area (Å²) < 4.78 is 12.4. The van der Waals surface area contributed by atoms with Gasteiger partial charge in [-0.1, -0.05) is 24.3 Å². The summed E-state index contributed by atoms with van der Waals surface area (Å²) in [5.74, 6) is 2.11. The average molecular weight is 296 g/mol. The molecule has 5 rings (SSSR count).